The minimum atomic E-state index is -1.18. The molecule has 11 heteroatoms. The Morgan fingerprint density at radius 2 is 1.81 bits per heavy atom. The molecule has 5 heterocycles. The van der Waals surface area contributed by atoms with Gasteiger partial charge in [-0.3, -0.25) is 4.79 Å². The first kappa shape index (κ1) is 29.0. The average molecular weight is 587 g/mol. The first-order valence-corrected chi connectivity index (χ1v) is 14.9. The molecule has 0 atom stereocenters. The zero-order valence-corrected chi connectivity index (χ0v) is 25.1. The van der Waals surface area contributed by atoms with Crippen molar-refractivity contribution in [1.29, 1.82) is 0 Å². The summed E-state index contributed by atoms with van der Waals surface area (Å²) in [5.74, 6) is 0.328. The number of nitrogens with zero attached hydrogens (tertiary/aromatic N) is 7. The number of piperidine rings is 2. The maximum Gasteiger partial charge on any atom is 0.278 e. The summed E-state index contributed by atoms with van der Waals surface area (Å²) in [7, 11) is 2.18. The van der Waals surface area contributed by atoms with E-state index in [0.29, 0.717) is 39.3 Å². The summed E-state index contributed by atoms with van der Waals surface area (Å²) in [5.41, 5.74) is 0.816. The van der Waals surface area contributed by atoms with Crippen LogP contribution in [0, 0.1) is 11.2 Å². The van der Waals surface area contributed by atoms with Crippen LogP contribution in [0.4, 0.5) is 21.7 Å². The highest BCUT2D eigenvalue weighted by Gasteiger charge is 2.37. The Labute approximate surface area is 250 Å². The van der Waals surface area contributed by atoms with E-state index in [2.05, 4.69) is 43.7 Å². The first-order valence-electron chi connectivity index (χ1n) is 14.9. The van der Waals surface area contributed by atoms with E-state index in [-0.39, 0.29) is 23.9 Å². The van der Waals surface area contributed by atoms with Crippen LogP contribution >= 0.6 is 0 Å². The lowest BCUT2D eigenvalue weighted by molar-refractivity contribution is 0.0738. The molecule has 1 spiro atoms. The van der Waals surface area contributed by atoms with Gasteiger partial charge in [0.05, 0.1) is 17.9 Å². The van der Waals surface area contributed by atoms with E-state index in [1.807, 2.05) is 12.1 Å². The van der Waals surface area contributed by atoms with Crippen molar-refractivity contribution in [2.45, 2.75) is 51.7 Å². The number of allylic oxidation sites excluding steroid dienone is 1. The molecule has 0 amide bonds. The molecule has 0 radical (unpaired) electrons. The Morgan fingerprint density at radius 3 is 2.49 bits per heavy atom. The summed E-state index contributed by atoms with van der Waals surface area (Å²) in [6.07, 6.45) is 7.70. The highest BCUT2D eigenvalue weighted by molar-refractivity contribution is 5.77. The highest BCUT2D eigenvalue weighted by Crippen LogP contribution is 2.42. The molecule has 226 valence electrons. The van der Waals surface area contributed by atoms with Crippen LogP contribution in [0.5, 0.6) is 0 Å². The molecule has 0 aliphatic carbocycles. The van der Waals surface area contributed by atoms with Crippen molar-refractivity contribution in [2.75, 3.05) is 43.4 Å². The minimum Gasteiger partial charge on any atom is -0.384 e. The Balaban J connectivity index is 1.26. The molecule has 2 aliphatic rings. The number of hydrogen-bond donors (Lipinski definition) is 2. The molecule has 2 saturated heterocycles. The molecule has 6 rings (SSSR count). The predicted octanol–water partition coefficient (Wildman–Crippen LogP) is 4.59. The topological polar surface area (TPSA) is 104 Å². The minimum absolute atomic E-state index is 0.213. The predicted molar refractivity (Wildman–Crippen MR) is 167 cm³/mol. The van der Waals surface area contributed by atoms with Gasteiger partial charge in [-0.2, -0.15) is 4.98 Å². The fourth-order valence-electron chi connectivity index (χ4n) is 6.28. The van der Waals surface area contributed by atoms with Crippen molar-refractivity contribution in [1.82, 2.24) is 29.2 Å². The van der Waals surface area contributed by atoms with Gasteiger partial charge in [-0.25, -0.2) is 23.7 Å². The number of nitrogens with one attached hydrogen (secondary N) is 1. The van der Waals surface area contributed by atoms with E-state index < -0.39 is 5.60 Å². The number of hydrogen-bond acceptors (Lipinski definition) is 8. The zero-order valence-electron chi connectivity index (χ0n) is 25.1. The van der Waals surface area contributed by atoms with E-state index in [4.69, 9.17) is 0 Å². The zero-order chi connectivity index (χ0) is 30.4. The summed E-state index contributed by atoms with van der Waals surface area (Å²) in [6.45, 7) is 11.3. The smallest absolute Gasteiger partial charge is 0.278 e. The summed E-state index contributed by atoms with van der Waals surface area (Å²) >= 11 is 0. The summed E-state index contributed by atoms with van der Waals surface area (Å²) in [6, 6.07) is 10.3. The number of anilines is 3. The number of fused-ring (bicyclic) bond motifs is 1. The first-order chi connectivity index (χ1) is 20.6. The van der Waals surface area contributed by atoms with Gasteiger partial charge in [0.2, 0.25) is 5.95 Å². The lowest BCUT2D eigenvalue weighted by Gasteiger charge is -2.46. The van der Waals surface area contributed by atoms with Crippen LogP contribution in [0.25, 0.3) is 16.9 Å². The van der Waals surface area contributed by atoms with E-state index in [0.717, 1.165) is 39.0 Å². The van der Waals surface area contributed by atoms with Gasteiger partial charge in [0.1, 0.15) is 16.8 Å². The molecule has 2 fully saturated rings. The van der Waals surface area contributed by atoms with Gasteiger partial charge in [0.15, 0.2) is 11.5 Å². The quantitative estimate of drug-likeness (QED) is 0.303. The molecule has 0 saturated carbocycles. The molecule has 4 aromatic rings. The van der Waals surface area contributed by atoms with Crippen molar-refractivity contribution in [2.24, 2.45) is 5.41 Å². The monoisotopic (exact) mass is 586 g/mol. The van der Waals surface area contributed by atoms with Gasteiger partial charge in [-0.05, 0) is 95.4 Å². The highest BCUT2D eigenvalue weighted by atomic mass is 19.1. The molecule has 2 N–H and O–H groups in total. The van der Waals surface area contributed by atoms with E-state index in [9.17, 15) is 9.90 Å². The van der Waals surface area contributed by atoms with Gasteiger partial charge in [0, 0.05) is 25.0 Å². The third kappa shape index (κ3) is 5.66. The third-order valence-corrected chi connectivity index (χ3v) is 8.97. The van der Waals surface area contributed by atoms with Crippen LogP contribution in [0.3, 0.4) is 0 Å². The molecule has 0 unspecified atom stereocenters. The third-order valence-electron chi connectivity index (χ3n) is 8.97. The maximum absolute atomic E-state index is 15.4. The normalized spacial score (nSPS) is 17.5. The Kier molecular flexibility index (Phi) is 7.55. The Bertz CT molecular complexity index is 1700. The molecule has 10 nitrogen and oxygen atoms in total. The second-order valence-corrected chi connectivity index (χ2v) is 12.4. The van der Waals surface area contributed by atoms with Crippen molar-refractivity contribution < 1.29 is 9.50 Å². The summed E-state index contributed by atoms with van der Waals surface area (Å²) in [4.78, 5) is 31.4. The lowest BCUT2D eigenvalue weighted by atomic mass is 9.71. The standard InChI is InChI=1S/C32H39FN8O2/c1-5-15-40-29(42)23-21-34-30(37-28(23)41(40)27-8-6-7-26(36-27)31(2,3)43)35-22-9-10-25(24(33)20-22)39-18-13-32(14-19-39)11-16-38(4)17-12-32/h5-10,20-21,43H,1,11-19H2,2-4H3,(H,34,35,37). The van der Waals surface area contributed by atoms with Gasteiger partial charge in [0.25, 0.3) is 5.56 Å². The lowest BCUT2D eigenvalue weighted by Crippen LogP contribution is -2.46. The van der Waals surface area contributed by atoms with Crippen LogP contribution in [0.2, 0.25) is 0 Å². The number of halogens is 1. The van der Waals surface area contributed by atoms with E-state index in [1.54, 1.807) is 42.8 Å². The SMILES string of the molecule is C=CCn1c(=O)c2cnc(Nc3ccc(N4CCC5(CCN(C)CC5)CC4)c(F)c3)nc2n1-c1cccc(C(C)(C)O)n1. The van der Waals surface area contributed by atoms with Crippen LogP contribution < -0.4 is 15.8 Å². The van der Waals surface area contributed by atoms with Gasteiger partial charge >= 0.3 is 0 Å². The molecular formula is C32H39FN8O2. The van der Waals surface area contributed by atoms with Crippen LogP contribution in [0.15, 0.2) is 60.0 Å². The second-order valence-electron chi connectivity index (χ2n) is 12.4. The fourth-order valence-corrected chi connectivity index (χ4v) is 6.28. The van der Waals surface area contributed by atoms with Crippen LogP contribution in [-0.4, -0.2) is 67.5 Å². The largest absolute Gasteiger partial charge is 0.384 e. The van der Waals surface area contributed by atoms with Gasteiger partial charge in [-0.15, -0.1) is 6.58 Å². The number of aliphatic hydroxyl groups is 1. The van der Waals surface area contributed by atoms with Crippen molar-refractivity contribution >= 4 is 28.4 Å². The number of rotatable bonds is 7. The summed E-state index contributed by atoms with van der Waals surface area (Å²) in [5, 5.41) is 13.9. The summed E-state index contributed by atoms with van der Waals surface area (Å²) < 4.78 is 18.5. The van der Waals surface area contributed by atoms with Crippen molar-refractivity contribution in [3.05, 3.63) is 77.1 Å². The van der Waals surface area contributed by atoms with Crippen LogP contribution in [0.1, 0.15) is 45.2 Å². The fraction of sp³-hybridized carbons (Fsp3) is 0.438. The average Bonchev–Trinajstić information content (AvgIpc) is 3.26. The Hall–Kier alpha value is -4.09. The van der Waals surface area contributed by atoms with Crippen molar-refractivity contribution in [3.8, 4) is 5.82 Å². The van der Waals surface area contributed by atoms with Gasteiger partial charge < -0.3 is 20.2 Å². The number of benzene rings is 1. The van der Waals surface area contributed by atoms with E-state index >= 15 is 4.39 Å². The molecule has 1 aromatic carbocycles. The van der Waals surface area contributed by atoms with Crippen LogP contribution in [-0.2, 0) is 12.1 Å². The number of likely N-dealkylation sites (tertiary alicyclic amines) is 1. The molecular weight excluding hydrogens is 547 g/mol. The Morgan fingerprint density at radius 1 is 1.09 bits per heavy atom. The maximum atomic E-state index is 15.4. The molecule has 3 aromatic heterocycles. The second kappa shape index (κ2) is 11.2. The number of aromatic nitrogens is 5. The molecule has 43 heavy (non-hydrogen) atoms. The molecule has 2 aliphatic heterocycles. The molecule has 0 bridgehead atoms. The van der Waals surface area contributed by atoms with Gasteiger partial charge in [-0.1, -0.05) is 12.1 Å². The number of pyridine rings is 1. The van der Waals surface area contributed by atoms with Crippen molar-refractivity contribution in [3.63, 3.8) is 0 Å². The van der Waals surface area contributed by atoms with E-state index in [1.165, 1.54) is 29.8 Å².